The lowest BCUT2D eigenvalue weighted by molar-refractivity contribution is -0.155. The van der Waals surface area contributed by atoms with Crippen LogP contribution in [0.1, 0.15) is 50.0 Å². The van der Waals surface area contributed by atoms with Crippen molar-refractivity contribution in [3.05, 3.63) is 69.2 Å². The summed E-state index contributed by atoms with van der Waals surface area (Å²) in [5, 5.41) is 15.1. The van der Waals surface area contributed by atoms with Crippen molar-refractivity contribution in [2.45, 2.75) is 45.8 Å². The molecular formula is C25H30BrClN2O3. The van der Waals surface area contributed by atoms with Gasteiger partial charge >= 0.3 is 0 Å². The Labute approximate surface area is 203 Å². The normalized spacial score (nSPS) is 21.3. The zero-order chi connectivity index (χ0) is 23.7. The van der Waals surface area contributed by atoms with Crippen molar-refractivity contribution in [3.8, 4) is 0 Å². The van der Waals surface area contributed by atoms with Crippen LogP contribution in [0.15, 0.2) is 53.0 Å². The molecule has 2 unspecified atom stereocenters. The Morgan fingerprint density at radius 3 is 2.38 bits per heavy atom. The third-order valence-electron chi connectivity index (χ3n) is 6.39. The van der Waals surface area contributed by atoms with E-state index in [-0.39, 0.29) is 17.7 Å². The van der Waals surface area contributed by atoms with Gasteiger partial charge in [-0.05, 0) is 48.2 Å². The highest BCUT2D eigenvalue weighted by Gasteiger charge is 2.50. The third kappa shape index (κ3) is 5.03. The van der Waals surface area contributed by atoms with Crippen LogP contribution >= 0.6 is 27.5 Å². The second kappa shape index (κ2) is 9.54. The molecule has 0 saturated carbocycles. The van der Waals surface area contributed by atoms with Gasteiger partial charge in [0.25, 0.3) is 5.91 Å². The maximum atomic E-state index is 13.5. The minimum Gasteiger partial charge on any atom is -0.384 e. The molecule has 0 aliphatic carbocycles. The number of rotatable bonds is 5. The van der Waals surface area contributed by atoms with Gasteiger partial charge in [-0.15, -0.1) is 0 Å². The first-order valence-corrected chi connectivity index (χ1v) is 12.0. The first-order chi connectivity index (χ1) is 14.9. The van der Waals surface area contributed by atoms with Gasteiger partial charge in [-0.2, -0.15) is 0 Å². The Morgan fingerprint density at radius 1 is 1.16 bits per heavy atom. The molecule has 1 heterocycles. The predicted molar refractivity (Wildman–Crippen MR) is 131 cm³/mol. The molecule has 2 N–H and O–H groups in total. The van der Waals surface area contributed by atoms with Crippen LogP contribution in [0, 0.1) is 11.3 Å². The van der Waals surface area contributed by atoms with E-state index in [9.17, 15) is 14.7 Å². The van der Waals surface area contributed by atoms with Crippen LogP contribution in [0.5, 0.6) is 0 Å². The smallest absolute Gasteiger partial charge is 0.251 e. The molecule has 3 rings (SSSR count). The van der Waals surface area contributed by atoms with Crippen molar-refractivity contribution >= 4 is 39.3 Å². The number of carbonyl (C=O) groups excluding carboxylic acids is 2. The summed E-state index contributed by atoms with van der Waals surface area (Å²) in [6.07, 6.45) is 0.401. The van der Waals surface area contributed by atoms with E-state index >= 15 is 0 Å². The Balaban J connectivity index is 1.77. The molecule has 0 bridgehead atoms. The van der Waals surface area contributed by atoms with Crippen molar-refractivity contribution in [2.75, 3.05) is 13.1 Å². The van der Waals surface area contributed by atoms with E-state index in [0.29, 0.717) is 30.1 Å². The highest BCUT2D eigenvalue weighted by atomic mass is 79.9. The second-order valence-electron chi connectivity index (χ2n) is 9.47. The molecule has 5 nitrogen and oxygen atoms in total. The fourth-order valence-corrected chi connectivity index (χ4v) is 4.86. The molecular weight excluding hydrogens is 492 g/mol. The van der Waals surface area contributed by atoms with E-state index in [2.05, 4.69) is 21.2 Å². The van der Waals surface area contributed by atoms with Gasteiger partial charge in [0.2, 0.25) is 5.91 Å². The van der Waals surface area contributed by atoms with Crippen molar-refractivity contribution in [2.24, 2.45) is 11.3 Å². The molecule has 1 saturated heterocycles. The molecule has 1 fully saturated rings. The lowest BCUT2D eigenvalue weighted by Crippen LogP contribution is -2.60. The van der Waals surface area contributed by atoms with Crippen LogP contribution in [0.3, 0.4) is 0 Å². The van der Waals surface area contributed by atoms with Crippen LogP contribution in [0.2, 0.25) is 5.02 Å². The van der Waals surface area contributed by atoms with Crippen molar-refractivity contribution in [1.29, 1.82) is 0 Å². The van der Waals surface area contributed by atoms with Crippen LogP contribution in [0.25, 0.3) is 0 Å². The number of nitrogens with one attached hydrogen (secondary N) is 1. The van der Waals surface area contributed by atoms with Crippen molar-refractivity contribution < 1.29 is 14.7 Å². The van der Waals surface area contributed by atoms with Gasteiger partial charge in [0.05, 0.1) is 5.60 Å². The molecule has 7 heteroatoms. The van der Waals surface area contributed by atoms with E-state index in [4.69, 9.17) is 11.6 Å². The Morgan fingerprint density at radius 2 is 1.81 bits per heavy atom. The quantitative estimate of drug-likeness (QED) is 0.581. The van der Waals surface area contributed by atoms with Crippen LogP contribution in [-0.2, 0) is 10.4 Å². The molecule has 0 radical (unpaired) electrons. The average molecular weight is 522 g/mol. The SMILES string of the molecule is CC(C)C(NC(=O)c1cccc(Br)c1)C(=O)N1CCC(O)(c2ccc(Cl)cc2)C(C)(C)C1. The molecule has 2 atom stereocenters. The summed E-state index contributed by atoms with van der Waals surface area (Å²) in [7, 11) is 0. The lowest BCUT2D eigenvalue weighted by Gasteiger charge is -2.51. The first-order valence-electron chi connectivity index (χ1n) is 10.8. The van der Waals surface area contributed by atoms with Gasteiger partial charge in [0.15, 0.2) is 0 Å². The largest absolute Gasteiger partial charge is 0.384 e. The predicted octanol–water partition coefficient (Wildman–Crippen LogP) is 5.00. The number of benzene rings is 2. The maximum Gasteiger partial charge on any atom is 0.251 e. The average Bonchev–Trinajstić information content (AvgIpc) is 2.73. The number of aliphatic hydroxyl groups is 1. The topological polar surface area (TPSA) is 69.6 Å². The van der Waals surface area contributed by atoms with Gasteiger partial charge in [0, 0.05) is 33.6 Å². The summed E-state index contributed by atoms with van der Waals surface area (Å²) in [4.78, 5) is 28.0. The summed E-state index contributed by atoms with van der Waals surface area (Å²) >= 11 is 9.40. The van der Waals surface area contributed by atoms with Gasteiger partial charge < -0.3 is 15.3 Å². The first kappa shape index (κ1) is 24.7. The summed E-state index contributed by atoms with van der Waals surface area (Å²) < 4.78 is 0.803. The van der Waals surface area contributed by atoms with Crippen LogP contribution in [0.4, 0.5) is 0 Å². The lowest BCUT2D eigenvalue weighted by atomic mass is 9.66. The number of likely N-dealkylation sites (tertiary alicyclic amines) is 1. The number of nitrogens with zero attached hydrogens (tertiary/aromatic N) is 1. The summed E-state index contributed by atoms with van der Waals surface area (Å²) in [6.45, 7) is 8.54. The minimum absolute atomic E-state index is 0.0845. The highest BCUT2D eigenvalue weighted by molar-refractivity contribution is 9.10. The van der Waals surface area contributed by atoms with E-state index in [1.807, 2.05) is 45.9 Å². The van der Waals surface area contributed by atoms with E-state index < -0.39 is 17.1 Å². The van der Waals surface area contributed by atoms with Crippen molar-refractivity contribution in [1.82, 2.24) is 10.2 Å². The Bertz CT molecular complexity index is 993. The van der Waals surface area contributed by atoms with E-state index in [1.54, 1.807) is 35.2 Å². The zero-order valence-corrected chi connectivity index (χ0v) is 21.2. The fraction of sp³-hybridized carbons (Fsp3) is 0.440. The van der Waals surface area contributed by atoms with Gasteiger partial charge in [-0.1, -0.05) is 73.4 Å². The molecule has 0 aromatic heterocycles. The summed E-state index contributed by atoms with van der Waals surface area (Å²) in [6, 6.07) is 13.7. The minimum atomic E-state index is -1.08. The van der Waals surface area contributed by atoms with E-state index in [0.717, 1.165) is 10.0 Å². The summed E-state index contributed by atoms with van der Waals surface area (Å²) in [5.41, 5.74) is -0.387. The molecule has 172 valence electrons. The molecule has 1 aliphatic heterocycles. The molecule has 2 amide bonds. The highest BCUT2D eigenvalue weighted by Crippen LogP contribution is 2.46. The summed E-state index contributed by atoms with van der Waals surface area (Å²) in [5.74, 6) is -0.499. The van der Waals surface area contributed by atoms with Crippen LogP contribution in [-0.4, -0.2) is 41.0 Å². The number of piperidine rings is 1. The van der Waals surface area contributed by atoms with Gasteiger partial charge in [-0.25, -0.2) is 0 Å². The van der Waals surface area contributed by atoms with Gasteiger partial charge in [0.1, 0.15) is 6.04 Å². The number of hydrogen-bond donors (Lipinski definition) is 2. The maximum absolute atomic E-state index is 13.5. The Hall–Kier alpha value is -1.89. The standard InChI is InChI=1S/C25H30BrClN2O3/c1-16(2)21(28-22(30)17-6-5-7-19(26)14-17)23(31)29-13-12-25(32,24(3,4)15-29)18-8-10-20(27)11-9-18/h5-11,14,16,21,32H,12-13,15H2,1-4H3,(H,28,30). The van der Waals surface area contributed by atoms with E-state index in [1.165, 1.54) is 0 Å². The molecule has 32 heavy (non-hydrogen) atoms. The number of halogens is 2. The monoisotopic (exact) mass is 520 g/mol. The molecule has 1 aliphatic rings. The molecule has 0 spiro atoms. The molecule has 2 aromatic rings. The number of carbonyl (C=O) groups is 2. The van der Waals surface area contributed by atoms with Crippen molar-refractivity contribution in [3.63, 3.8) is 0 Å². The fourth-order valence-electron chi connectivity index (χ4n) is 4.34. The number of amides is 2. The number of hydrogen-bond acceptors (Lipinski definition) is 3. The third-order valence-corrected chi connectivity index (χ3v) is 7.13. The molecule has 2 aromatic carbocycles. The zero-order valence-electron chi connectivity index (χ0n) is 18.9. The second-order valence-corrected chi connectivity index (χ2v) is 10.8. The van der Waals surface area contributed by atoms with Crippen LogP contribution < -0.4 is 5.32 Å². The van der Waals surface area contributed by atoms with Gasteiger partial charge in [-0.3, -0.25) is 9.59 Å². The Kier molecular flexibility index (Phi) is 7.38.